The molecule has 1 fully saturated rings. The minimum absolute atomic E-state index is 0.114. The average molecular weight is 232 g/mol. The fourth-order valence-electron chi connectivity index (χ4n) is 2.26. The highest BCUT2D eigenvalue weighted by Gasteiger charge is 2.36. The van der Waals surface area contributed by atoms with Crippen LogP contribution < -0.4 is 5.43 Å². The molecule has 17 heavy (non-hydrogen) atoms. The van der Waals surface area contributed by atoms with Crippen LogP contribution >= 0.6 is 0 Å². The molecule has 0 radical (unpaired) electrons. The van der Waals surface area contributed by atoms with Crippen LogP contribution in [0.3, 0.4) is 0 Å². The first-order valence-corrected chi connectivity index (χ1v) is 6.04. The van der Waals surface area contributed by atoms with Gasteiger partial charge in [-0.3, -0.25) is 9.80 Å². The summed E-state index contributed by atoms with van der Waals surface area (Å²) in [6, 6.07) is 8.34. The largest absolute Gasteiger partial charge is 0.273 e. The van der Waals surface area contributed by atoms with Crippen molar-refractivity contribution in [1.29, 1.82) is 0 Å². The first-order valence-electron chi connectivity index (χ1n) is 6.04. The molecule has 2 rings (SSSR count). The summed E-state index contributed by atoms with van der Waals surface area (Å²) in [4.78, 5) is 12.0. The summed E-state index contributed by atoms with van der Waals surface area (Å²) in [7, 11) is 0. The van der Waals surface area contributed by atoms with E-state index in [0.29, 0.717) is 6.42 Å². The standard InChI is InChI=1S/C14H20N2O/c1-10-7-5-6-8-11(10)12-9-13(17)16(15-12)14(2,3)4/h5-8,12,15H,9H2,1-4H3. The number of hydrazine groups is 1. The zero-order chi connectivity index (χ0) is 12.6. The molecule has 1 heterocycles. The predicted octanol–water partition coefficient (Wildman–Crippen LogP) is 2.57. The Bertz CT molecular complexity index is 434. The van der Waals surface area contributed by atoms with Crippen molar-refractivity contribution in [3.63, 3.8) is 0 Å². The molecular formula is C14H20N2O. The summed E-state index contributed by atoms with van der Waals surface area (Å²) < 4.78 is 0. The van der Waals surface area contributed by atoms with E-state index in [1.54, 1.807) is 5.01 Å². The Morgan fingerprint density at radius 3 is 2.47 bits per heavy atom. The predicted molar refractivity (Wildman–Crippen MR) is 68.3 cm³/mol. The number of carbonyl (C=O) groups excluding carboxylic acids is 1. The number of carbonyl (C=O) groups is 1. The molecule has 0 spiro atoms. The zero-order valence-electron chi connectivity index (χ0n) is 10.9. The molecule has 1 saturated heterocycles. The van der Waals surface area contributed by atoms with Crippen molar-refractivity contribution < 1.29 is 4.79 Å². The van der Waals surface area contributed by atoms with Gasteiger partial charge in [-0.2, -0.15) is 0 Å². The second kappa shape index (κ2) is 4.15. The lowest BCUT2D eigenvalue weighted by Crippen LogP contribution is -2.48. The number of amides is 1. The van der Waals surface area contributed by atoms with Crippen LogP contribution in [0.15, 0.2) is 24.3 Å². The molecule has 1 unspecified atom stereocenters. The van der Waals surface area contributed by atoms with E-state index >= 15 is 0 Å². The van der Waals surface area contributed by atoms with Gasteiger partial charge >= 0.3 is 0 Å². The molecule has 1 atom stereocenters. The van der Waals surface area contributed by atoms with E-state index in [1.165, 1.54) is 11.1 Å². The van der Waals surface area contributed by atoms with Crippen molar-refractivity contribution in [2.45, 2.75) is 45.7 Å². The Kier molecular flexibility index (Phi) is 2.96. The van der Waals surface area contributed by atoms with Gasteiger partial charge in [0.1, 0.15) is 0 Å². The van der Waals surface area contributed by atoms with Crippen LogP contribution in [0.1, 0.15) is 44.4 Å². The fraction of sp³-hybridized carbons (Fsp3) is 0.500. The van der Waals surface area contributed by atoms with Crippen LogP contribution in [0, 0.1) is 6.92 Å². The first-order chi connectivity index (χ1) is 7.89. The molecule has 92 valence electrons. The summed E-state index contributed by atoms with van der Waals surface area (Å²) >= 11 is 0. The Morgan fingerprint density at radius 2 is 1.94 bits per heavy atom. The third-order valence-electron chi connectivity index (χ3n) is 3.15. The van der Waals surface area contributed by atoms with Crippen LogP contribution in [-0.2, 0) is 4.79 Å². The Morgan fingerprint density at radius 1 is 1.29 bits per heavy atom. The van der Waals surface area contributed by atoms with E-state index in [0.717, 1.165) is 0 Å². The molecule has 1 N–H and O–H groups in total. The molecule has 1 aliphatic heterocycles. The second-order valence-corrected chi connectivity index (χ2v) is 5.64. The summed E-state index contributed by atoms with van der Waals surface area (Å²) in [5.74, 6) is 0.172. The molecule has 0 saturated carbocycles. The van der Waals surface area contributed by atoms with E-state index in [2.05, 4.69) is 24.5 Å². The number of nitrogens with one attached hydrogen (secondary N) is 1. The first kappa shape index (κ1) is 12.1. The lowest BCUT2D eigenvalue weighted by atomic mass is 10.0. The van der Waals surface area contributed by atoms with Crippen molar-refractivity contribution in [3.8, 4) is 0 Å². The highest BCUT2D eigenvalue weighted by atomic mass is 16.2. The lowest BCUT2D eigenvalue weighted by Gasteiger charge is -2.32. The van der Waals surface area contributed by atoms with Crippen molar-refractivity contribution in [2.75, 3.05) is 0 Å². The van der Waals surface area contributed by atoms with Crippen LogP contribution in [0.5, 0.6) is 0 Å². The summed E-state index contributed by atoms with van der Waals surface area (Å²) in [5.41, 5.74) is 5.59. The highest BCUT2D eigenvalue weighted by molar-refractivity contribution is 5.79. The topological polar surface area (TPSA) is 32.3 Å². The maximum atomic E-state index is 12.0. The molecule has 1 aromatic carbocycles. The molecule has 3 nitrogen and oxygen atoms in total. The monoisotopic (exact) mass is 232 g/mol. The third-order valence-corrected chi connectivity index (χ3v) is 3.15. The van der Waals surface area contributed by atoms with Gasteiger partial charge in [0.15, 0.2) is 0 Å². The molecule has 0 aliphatic carbocycles. The molecule has 1 aliphatic rings. The van der Waals surface area contributed by atoms with Gasteiger partial charge in [0.05, 0.1) is 11.6 Å². The maximum Gasteiger partial charge on any atom is 0.239 e. The summed E-state index contributed by atoms with van der Waals surface area (Å²) in [6.07, 6.45) is 0.544. The third kappa shape index (κ3) is 2.34. The van der Waals surface area contributed by atoms with E-state index < -0.39 is 0 Å². The normalized spacial score (nSPS) is 21.1. The molecule has 0 bridgehead atoms. The van der Waals surface area contributed by atoms with Gasteiger partial charge in [0.2, 0.25) is 5.91 Å². The smallest absolute Gasteiger partial charge is 0.239 e. The Hall–Kier alpha value is -1.35. The Labute approximate surface area is 103 Å². The number of hydrogen-bond acceptors (Lipinski definition) is 2. The van der Waals surface area contributed by atoms with Crippen LogP contribution in [0.4, 0.5) is 0 Å². The van der Waals surface area contributed by atoms with Crippen LogP contribution in [-0.4, -0.2) is 16.5 Å². The zero-order valence-corrected chi connectivity index (χ0v) is 10.9. The van der Waals surface area contributed by atoms with Gasteiger partial charge < -0.3 is 0 Å². The van der Waals surface area contributed by atoms with Gasteiger partial charge in [-0.25, -0.2) is 5.43 Å². The van der Waals surface area contributed by atoms with Gasteiger partial charge in [-0.1, -0.05) is 24.3 Å². The minimum atomic E-state index is -0.172. The van der Waals surface area contributed by atoms with Gasteiger partial charge in [0, 0.05) is 6.42 Å². The second-order valence-electron chi connectivity index (χ2n) is 5.64. The quantitative estimate of drug-likeness (QED) is 0.807. The van der Waals surface area contributed by atoms with E-state index in [-0.39, 0.29) is 17.5 Å². The Balaban J connectivity index is 2.23. The van der Waals surface area contributed by atoms with Gasteiger partial charge in [-0.05, 0) is 38.8 Å². The number of rotatable bonds is 1. The van der Waals surface area contributed by atoms with E-state index in [1.807, 2.05) is 32.9 Å². The minimum Gasteiger partial charge on any atom is -0.273 e. The number of benzene rings is 1. The molecular weight excluding hydrogens is 212 g/mol. The fourth-order valence-corrected chi connectivity index (χ4v) is 2.26. The number of nitrogens with zero attached hydrogens (tertiary/aromatic N) is 1. The number of hydrogen-bond donors (Lipinski definition) is 1. The van der Waals surface area contributed by atoms with E-state index in [9.17, 15) is 4.79 Å². The lowest BCUT2D eigenvalue weighted by molar-refractivity contribution is -0.134. The van der Waals surface area contributed by atoms with Crippen LogP contribution in [0.2, 0.25) is 0 Å². The molecule has 1 amide bonds. The average Bonchev–Trinajstić information content (AvgIpc) is 2.60. The van der Waals surface area contributed by atoms with Crippen molar-refractivity contribution in [3.05, 3.63) is 35.4 Å². The van der Waals surface area contributed by atoms with Crippen LogP contribution in [0.25, 0.3) is 0 Å². The molecule has 1 aromatic rings. The van der Waals surface area contributed by atoms with Crippen molar-refractivity contribution in [2.24, 2.45) is 0 Å². The highest BCUT2D eigenvalue weighted by Crippen LogP contribution is 2.29. The van der Waals surface area contributed by atoms with Crippen molar-refractivity contribution in [1.82, 2.24) is 10.4 Å². The maximum absolute atomic E-state index is 12.0. The molecule has 0 aromatic heterocycles. The summed E-state index contributed by atoms with van der Waals surface area (Å²) in [6.45, 7) is 8.20. The van der Waals surface area contributed by atoms with E-state index in [4.69, 9.17) is 0 Å². The SMILES string of the molecule is Cc1ccccc1C1CC(=O)N(C(C)(C)C)N1. The van der Waals surface area contributed by atoms with Gasteiger partial charge in [0.25, 0.3) is 0 Å². The van der Waals surface area contributed by atoms with Crippen molar-refractivity contribution >= 4 is 5.91 Å². The number of aryl methyl sites for hydroxylation is 1. The van der Waals surface area contributed by atoms with Gasteiger partial charge in [-0.15, -0.1) is 0 Å². The molecule has 3 heteroatoms. The summed E-state index contributed by atoms with van der Waals surface area (Å²) in [5, 5.41) is 1.75.